The molecule has 0 N–H and O–H groups in total. The Hall–Kier alpha value is -3.28. The van der Waals surface area contributed by atoms with E-state index in [1.54, 1.807) is 43.3 Å². The Morgan fingerprint density at radius 3 is 2.04 bits per heavy atom. The lowest BCUT2D eigenvalue weighted by molar-refractivity contribution is -0.127. The minimum absolute atomic E-state index is 0.0135. The molecule has 130 valence electrons. The number of hydrazone groups is 1. The van der Waals surface area contributed by atoms with Crippen molar-refractivity contribution in [3.8, 4) is 0 Å². The van der Waals surface area contributed by atoms with Crippen molar-refractivity contribution in [3.63, 3.8) is 0 Å². The fraction of sp³-hybridized carbons (Fsp3) is 0.200. The molecule has 0 spiro atoms. The van der Waals surface area contributed by atoms with E-state index >= 15 is 0 Å². The quantitative estimate of drug-likeness (QED) is 0.802. The summed E-state index contributed by atoms with van der Waals surface area (Å²) in [7, 11) is 0. The summed E-state index contributed by atoms with van der Waals surface area (Å²) in [4.78, 5) is 39.5. The molecule has 2 aromatic rings. The van der Waals surface area contributed by atoms with Crippen LogP contribution < -0.4 is 9.91 Å². The fourth-order valence-corrected chi connectivity index (χ4v) is 3.56. The fourth-order valence-electron chi connectivity index (χ4n) is 3.56. The van der Waals surface area contributed by atoms with Crippen molar-refractivity contribution in [3.05, 3.63) is 60.7 Å². The second kappa shape index (κ2) is 6.22. The second-order valence-corrected chi connectivity index (χ2v) is 6.42. The standard InChI is InChI=1S/C20H17N3O3/c1-13-18(20(26)23(21-13)15-10-6-3-7-11-15)16-12-17(24)22(19(16)25)14-8-4-2-5-9-14/h2-11,16,18H,12H2,1H3/t16-,18-/m1/s1. The zero-order chi connectivity index (χ0) is 18.3. The highest BCUT2D eigenvalue weighted by Crippen LogP contribution is 2.36. The van der Waals surface area contributed by atoms with E-state index in [1.807, 2.05) is 24.3 Å². The lowest BCUT2D eigenvalue weighted by Crippen LogP contribution is -2.37. The molecule has 3 amide bonds. The first-order valence-corrected chi connectivity index (χ1v) is 8.44. The van der Waals surface area contributed by atoms with Crippen LogP contribution in [0.25, 0.3) is 0 Å². The minimum Gasteiger partial charge on any atom is -0.274 e. The molecule has 0 unspecified atom stereocenters. The molecule has 0 aliphatic carbocycles. The highest BCUT2D eigenvalue weighted by atomic mass is 16.2. The van der Waals surface area contributed by atoms with E-state index in [9.17, 15) is 14.4 Å². The van der Waals surface area contributed by atoms with Gasteiger partial charge in [0, 0.05) is 12.1 Å². The number of nitrogens with zero attached hydrogens (tertiary/aromatic N) is 3. The molecular formula is C20H17N3O3. The Balaban J connectivity index is 1.63. The van der Waals surface area contributed by atoms with Crippen molar-refractivity contribution in [2.75, 3.05) is 9.91 Å². The summed E-state index contributed by atoms with van der Waals surface area (Å²) in [6.45, 7) is 1.73. The van der Waals surface area contributed by atoms with Gasteiger partial charge >= 0.3 is 0 Å². The SMILES string of the molecule is CC1=NN(c2ccccc2)C(=O)[C@H]1[C@H]1CC(=O)N(c2ccccc2)C1=O. The van der Waals surface area contributed by atoms with Gasteiger partial charge in [0.1, 0.15) is 0 Å². The third-order valence-corrected chi connectivity index (χ3v) is 4.78. The van der Waals surface area contributed by atoms with E-state index < -0.39 is 11.8 Å². The van der Waals surface area contributed by atoms with Crippen molar-refractivity contribution >= 4 is 34.8 Å². The number of anilines is 2. The van der Waals surface area contributed by atoms with Gasteiger partial charge < -0.3 is 0 Å². The minimum atomic E-state index is -0.715. The number of hydrogen-bond acceptors (Lipinski definition) is 4. The van der Waals surface area contributed by atoms with E-state index in [4.69, 9.17) is 0 Å². The van der Waals surface area contributed by atoms with E-state index in [-0.39, 0.29) is 24.1 Å². The summed E-state index contributed by atoms with van der Waals surface area (Å²) in [6, 6.07) is 17.9. The zero-order valence-electron chi connectivity index (χ0n) is 14.2. The molecule has 26 heavy (non-hydrogen) atoms. The number of hydrogen-bond donors (Lipinski definition) is 0. The Kier molecular flexibility index (Phi) is 3.88. The van der Waals surface area contributed by atoms with Crippen LogP contribution in [-0.2, 0) is 14.4 Å². The van der Waals surface area contributed by atoms with E-state index in [0.29, 0.717) is 17.1 Å². The molecule has 2 aliphatic heterocycles. The molecule has 2 aromatic carbocycles. The van der Waals surface area contributed by atoms with Crippen LogP contribution in [0.2, 0.25) is 0 Å². The maximum Gasteiger partial charge on any atom is 0.257 e. The average Bonchev–Trinajstić information content (AvgIpc) is 3.11. The number of rotatable bonds is 3. The van der Waals surface area contributed by atoms with Gasteiger partial charge in [0.25, 0.3) is 5.91 Å². The molecule has 2 atom stereocenters. The number of carbonyl (C=O) groups excluding carboxylic acids is 3. The lowest BCUT2D eigenvalue weighted by Gasteiger charge is -2.19. The normalized spacial score (nSPS) is 23.0. The van der Waals surface area contributed by atoms with Gasteiger partial charge in [-0.25, -0.2) is 5.01 Å². The van der Waals surface area contributed by atoms with Crippen LogP contribution in [-0.4, -0.2) is 23.4 Å². The molecule has 2 aliphatic rings. The van der Waals surface area contributed by atoms with Gasteiger partial charge in [-0.05, 0) is 31.2 Å². The van der Waals surface area contributed by atoms with Gasteiger partial charge in [0.05, 0.1) is 23.2 Å². The first-order chi connectivity index (χ1) is 12.6. The van der Waals surface area contributed by atoms with Gasteiger partial charge in [-0.15, -0.1) is 0 Å². The highest BCUT2D eigenvalue weighted by Gasteiger charge is 2.50. The summed E-state index contributed by atoms with van der Waals surface area (Å²) in [5.74, 6) is -2.32. The number of carbonyl (C=O) groups is 3. The number of imide groups is 1. The Bertz CT molecular complexity index is 908. The topological polar surface area (TPSA) is 70.1 Å². The van der Waals surface area contributed by atoms with Crippen molar-refractivity contribution < 1.29 is 14.4 Å². The summed E-state index contributed by atoms with van der Waals surface area (Å²) in [5.41, 5.74) is 1.74. The molecule has 6 nitrogen and oxygen atoms in total. The number of benzene rings is 2. The third kappa shape index (κ3) is 2.50. The lowest BCUT2D eigenvalue weighted by atomic mass is 9.87. The van der Waals surface area contributed by atoms with Crippen LogP contribution in [0.1, 0.15) is 13.3 Å². The van der Waals surface area contributed by atoms with Crippen LogP contribution in [0.4, 0.5) is 11.4 Å². The molecule has 2 heterocycles. The molecule has 1 fully saturated rings. The van der Waals surface area contributed by atoms with E-state index in [1.165, 1.54) is 9.91 Å². The van der Waals surface area contributed by atoms with Crippen LogP contribution in [0.3, 0.4) is 0 Å². The maximum atomic E-state index is 12.9. The molecule has 0 bridgehead atoms. The maximum absolute atomic E-state index is 12.9. The smallest absolute Gasteiger partial charge is 0.257 e. The Morgan fingerprint density at radius 1 is 0.846 bits per heavy atom. The molecule has 0 saturated carbocycles. The van der Waals surface area contributed by atoms with Crippen molar-refractivity contribution in [2.45, 2.75) is 13.3 Å². The van der Waals surface area contributed by atoms with Gasteiger partial charge in [-0.2, -0.15) is 5.10 Å². The van der Waals surface area contributed by atoms with Crippen LogP contribution >= 0.6 is 0 Å². The first kappa shape index (κ1) is 16.2. The summed E-state index contributed by atoms with van der Waals surface area (Å²) >= 11 is 0. The summed E-state index contributed by atoms with van der Waals surface area (Å²) < 4.78 is 0. The third-order valence-electron chi connectivity index (χ3n) is 4.78. The predicted molar refractivity (Wildman–Crippen MR) is 97.6 cm³/mol. The molecule has 1 saturated heterocycles. The van der Waals surface area contributed by atoms with Crippen molar-refractivity contribution in [1.82, 2.24) is 0 Å². The predicted octanol–water partition coefficient (Wildman–Crippen LogP) is 2.61. The van der Waals surface area contributed by atoms with Crippen LogP contribution in [0.15, 0.2) is 65.8 Å². The molecule has 6 heteroatoms. The van der Waals surface area contributed by atoms with Crippen molar-refractivity contribution in [1.29, 1.82) is 0 Å². The summed E-state index contributed by atoms with van der Waals surface area (Å²) in [6.07, 6.45) is 0.0135. The van der Waals surface area contributed by atoms with Gasteiger partial charge in [-0.1, -0.05) is 36.4 Å². The van der Waals surface area contributed by atoms with Gasteiger partial charge in [0.15, 0.2) is 0 Å². The zero-order valence-corrected chi connectivity index (χ0v) is 14.2. The summed E-state index contributed by atoms with van der Waals surface area (Å²) in [5, 5.41) is 5.66. The number of amides is 3. The second-order valence-electron chi connectivity index (χ2n) is 6.42. The van der Waals surface area contributed by atoms with Gasteiger partial charge in [-0.3, -0.25) is 19.3 Å². The van der Waals surface area contributed by atoms with Crippen LogP contribution in [0.5, 0.6) is 0 Å². The van der Waals surface area contributed by atoms with Crippen LogP contribution in [0, 0.1) is 11.8 Å². The Labute approximate surface area is 150 Å². The molecular weight excluding hydrogens is 330 g/mol. The monoisotopic (exact) mass is 347 g/mol. The molecule has 0 radical (unpaired) electrons. The van der Waals surface area contributed by atoms with Gasteiger partial charge in [0.2, 0.25) is 11.8 Å². The average molecular weight is 347 g/mol. The first-order valence-electron chi connectivity index (χ1n) is 8.44. The Morgan fingerprint density at radius 2 is 1.42 bits per heavy atom. The van der Waals surface area contributed by atoms with E-state index in [2.05, 4.69) is 5.10 Å². The number of para-hydroxylation sites is 2. The highest BCUT2D eigenvalue weighted by molar-refractivity contribution is 6.25. The molecule has 0 aromatic heterocycles. The van der Waals surface area contributed by atoms with Crippen molar-refractivity contribution in [2.24, 2.45) is 16.9 Å². The molecule has 4 rings (SSSR count). The van der Waals surface area contributed by atoms with E-state index in [0.717, 1.165) is 0 Å². The largest absolute Gasteiger partial charge is 0.274 e.